The summed E-state index contributed by atoms with van der Waals surface area (Å²) < 4.78 is 10.1. The molecule has 11 heavy (non-hydrogen) atoms. The topological polar surface area (TPSA) is 35.5 Å². The number of rotatable bonds is 4. The van der Waals surface area contributed by atoms with Crippen LogP contribution in [0.4, 0.5) is 0 Å². The quantitative estimate of drug-likeness (QED) is 0.599. The standard InChI is InChI=1S/C7H13O3Si/c1-5-11(9-6(2)3)10-7(4)8/h5-6H,1H2,2-4H3. The number of hydrogen-bond acceptors (Lipinski definition) is 3. The highest BCUT2D eigenvalue weighted by molar-refractivity contribution is 6.52. The molecule has 0 rings (SSSR count). The van der Waals surface area contributed by atoms with Crippen LogP contribution >= 0.6 is 0 Å². The highest BCUT2D eigenvalue weighted by Gasteiger charge is 2.16. The number of hydrogen-bond donors (Lipinski definition) is 0. The van der Waals surface area contributed by atoms with Crippen LogP contribution in [0.5, 0.6) is 0 Å². The second-order valence-electron chi connectivity index (χ2n) is 2.28. The molecule has 0 aliphatic carbocycles. The van der Waals surface area contributed by atoms with Crippen LogP contribution < -0.4 is 0 Å². The van der Waals surface area contributed by atoms with Gasteiger partial charge in [-0.2, -0.15) is 0 Å². The van der Waals surface area contributed by atoms with Gasteiger partial charge in [-0.05, 0) is 19.5 Å². The zero-order valence-corrected chi connectivity index (χ0v) is 8.09. The minimum atomic E-state index is -1.57. The maximum atomic E-state index is 10.5. The minimum absolute atomic E-state index is 0.0706. The molecule has 63 valence electrons. The molecule has 0 saturated carbocycles. The van der Waals surface area contributed by atoms with E-state index in [0.29, 0.717) is 0 Å². The van der Waals surface area contributed by atoms with Gasteiger partial charge in [-0.25, -0.2) is 0 Å². The third-order valence-electron chi connectivity index (χ3n) is 0.763. The van der Waals surface area contributed by atoms with E-state index in [9.17, 15) is 4.79 Å². The molecule has 0 amide bonds. The van der Waals surface area contributed by atoms with Crippen LogP contribution in [0.3, 0.4) is 0 Å². The van der Waals surface area contributed by atoms with Gasteiger partial charge >= 0.3 is 9.28 Å². The first-order chi connectivity index (χ1) is 5.06. The van der Waals surface area contributed by atoms with E-state index in [0.717, 1.165) is 0 Å². The molecule has 0 unspecified atom stereocenters. The SMILES string of the molecule is C=C[Si](OC(C)=O)OC(C)C. The molecular weight excluding hydrogens is 160 g/mol. The van der Waals surface area contributed by atoms with Crippen molar-refractivity contribution in [1.82, 2.24) is 0 Å². The Morgan fingerprint density at radius 2 is 2.18 bits per heavy atom. The fourth-order valence-electron chi connectivity index (χ4n) is 0.488. The van der Waals surface area contributed by atoms with Crippen molar-refractivity contribution >= 4 is 15.3 Å². The van der Waals surface area contributed by atoms with E-state index in [1.807, 2.05) is 13.8 Å². The first-order valence-electron chi connectivity index (χ1n) is 3.40. The Morgan fingerprint density at radius 1 is 1.64 bits per heavy atom. The van der Waals surface area contributed by atoms with Crippen molar-refractivity contribution in [2.24, 2.45) is 0 Å². The Kier molecular flexibility index (Phi) is 4.81. The van der Waals surface area contributed by atoms with Crippen LogP contribution in [0.2, 0.25) is 0 Å². The lowest BCUT2D eigenvalue weighted by Crippen LogP contribution is -2.26. The molecule has 0 N–H and O–H groups in total. The van der Waals surface area contributed by atoms with Crippen molar-refractivity contribution in [2.75, 3.05) is 0 Å². The minimum Gasteiger partial charge on any atom is -0.489 e. The van der Waals surface area contributed by atoms with Gasteiger partial charge in [0.25, 0.3) is 5.97 Å². The molecule has 0 spiro atoms. The Bertz CT molecular complexity index is 145. The molecule has 1 radical (unpaired) electrons. The van der Waals surface area contributed by atoms with Gasteiger partial charge in [-0.15, -0.1) is 6.58 Å². The van der Waals surface area contributed by atoms with Gasteiger partial charge in [0.05, 0.1) is 0 Å². The van der Waals surface area contributed by atoms with Crippen LogP contribution in [0.15, 0.2) is 12.3 Å². The van der Waals surface area contributed by atoms with Crippen molar-refractivity contribution in [3.05, 3.63) is 12.3 Å². The lowest BCUT2D eigenvalue weighted by atomic mass is 10.5. The average molecular weight is 173 g/mol. The van der Waals surface area contributed by atoms with E-state index >= 15 is 0 Å². The van der Waals surface area contributed by atoms with Gasteiger partial charge in [0, 0.05) is 13.0 Å². The van der Waals surface area contributed by atoms with Crippen LogP contribution in [-0.4, -0.2) is 21.4 Å². The summed E-state index contributed by atoms with van der Waals surface area (Å²) in [5.41, 5.74) is 1.55. The zero-order chi connectivity index (χ0) is 8.85. The van der Waals surface area contributed by atoms with Crippen LogP contribution in [0, 0.1) is 0 Å². The molecule has 3 nitrogen and oxygen atoms in total. The largest absolute Gasteiger partial charge is 0.491 e. The predicted molar refractivity (Wildman–Crippen MR) is 43.9 cm³/mol. The molecule has 0 aromatic carbocycles. The van der Waals surface area contributed by atoms with E-state index < -0.39 is 9.28 Å². The first-order valence-corrected chi connectivity index (χ1v) is 4.80. The summed E-state index contributed by atoms with van der Waals surface area (Å²) in [6.45, 7) is 8.64. The Hall–Kier alpha value is -0.613. The van der Waals surface area contributed by atoms with Crippen LogP contribution in [-0.2, 0) is 13.6 Å². The van der Waals surface area contributed by atoms with E-state index in [-0.39, 0.29) is 12.1 Å². The fourth-order valence-corrected chi connectivity index (χ4v) is 1.46. The average Bonchev–Trinajstić information content (AvgIpc) is 1.84. The maximum Gasteiger partial charge on any atom is 0.491 e. The summed E-state index contributed by atoms with van der Waals surface area (Å²) in [5.74, 6) is -0.320. The summed E-state index contributed by atoms with van der Waals surface area (Å²) >= 11 is 0. The second kappa shape index (κ2) is 5.09. The van der Waals surface area contributed by atoms with Crippen molar-refractivity contribution in [1.29, 1.82) is 0 Å². The van der Waals surface area contributed by atoms with Gasteiger partial charge < -0.3 is 8.85 Å². The third kappa shape index (κ3) is 5.81. The smallest absolute Gasteiger partial charge is 0.489 e. The predicted octanol–water partition coefficient (Wildman–Crippen LogP) is 1.19. The Balaban J connectivity index is 3.76. The van der Waals surface area contributed by atoms with E-state index in [1.54, 1.807) is 5.70 Å². The molecule has 0 fully saturated rings. The lowest BCUT2D eigenvalue weighted by molar-refractivity contribution is -0.133. The van der Waals surface area contributed by atoms with Crippen molar-refractivity contribution in [3.63, 3.8) is 0 Å². The maximum absolute atomic E-state index is 10.5. The molecular formula is C7H13O3Si. The summed E-state index contributed by atoms with van der Waals surface area (Å²) in [5, 5.41) is 0. The summed E-state index contributed by atoms with van der Waals surface area (Å²) in [6, 6.07) is 0. The molecule has 0 atom stereocenters. The van der Waals surface area contributed by atoms with E-state index in [1.165, 1.54) is 6.92 Å². The Morgan fingerprint density at radius 3 is 2.45 bits per heavy atom. The van der Waals surface area contributed by atoms with Crippen molar-refractivity contribution in [3.8, 4) is 0 Å². The van der Waals surface area contributed by atoms with Crippen molar-refractivity contribution < 1.29 is 13.6 Å². The number of carbonyl (C=O) groups excluding carboxylic acids is 1. The molecule has 4 heteroatoms. The molecule has 0 aromatic heterocycles. The van der Waals surface area contributed by atoms with Crippen molar-refractivity contribution in [2.45, 2.75) is 26.9 Å². The lowest BCUT2D eigenvalue weighted by Gasteiger charge is -2.12. The van der Waals surface area contributed by atoms with Gasteiger partial charge in [0.1, 0.15) is 0 Å². The van der Waals surface area contributed by atoms with E-state index in [4.69, 9.17) is 8.85 Å². The van der Waals surface area contributed by atoms with E-state index in [2.05, 4.69) is 6.58 Å². The zero-order valence-electron chi connectivity index (χ0n) is 7.09. The third-order valence-corrected chi connectivity index (χ3v) is 2.29. The molecule has 0 aliphatic rings. The normalized spacial score (nSPS) is 10.3. The van der Waals surface area contributed by atoms with Gasteiger partial charge in [-0.1, -0.05) is 0 Å². The monoisotopic (exact) mass is 173 g/mol. The van der Waals surface area contributed by atoms with Crippen LogP contribution in [0.25, 0.3) is 0 Å². The summed E-state index contributed by atoms with van der Waals surface area (Å²) in [6.07, 6.45) is 0.0706. The molecule has 0 bridgehead atoms. The molecule has 0 aliphatic heterocycles. The Labute approximate surface area is 68.9 Å². The second-order valence-corrected chi connectivity index (χ2v) is 3.77. The highest BCUT2D eigenvalue weighted by Crippen LogP contribution is 1.96. The molecule has 0 saturated heterocycles. The molecule has 0 aromatic rings. The van der Waals surface area contributed by atoms with Gasteiger partial charge in [0.2, 0.25) is 0 Å². The number of carbonyl (C=O) groups is 1. The highest BCUT2D eigenvalue weighted by atomic mass is 28.3. The fraction of sp³-hybridized carbons (Fsp3) is 0.571. The summed E-state index contributed by atoms with van der Waals surface area (Å²) in [7, 11) is -1.57. The molecule has 0 heterocycles. The summed E-state index contributed by atoms with van der Waals surface area (Å²) in [4.78, 5) is 10.5. The van der Waals surface area contributed by atoms with Gasteiger partial charge in [-0.3, -0.25) is 4.79 Å². The van der Waals surface area contributed by atoms with Gasteiger partial charge in [0.15, 0.2) is 0 Å². The first kappa shape index (κ1) is 10.4. The van der Waals surface area contributed by atoms with Crippen LogP contribution in [0.1, 0.15) is 20.8 Å².